The van der Waals surface area contributed by atoms with E-state index < -0.39 is 0 Å². The molecule has 0 aliphatic heterocycles. The summed E-state index contributed by atoms with van der Waals surface area (Å²) in [5, 5.41) is 5.11. The van der Waals surface area contributed by atoms with Gasteiger partial charge in [0, 0.05) is 16.3 Å². The van der Waals surface area contributed by atoms with Gasteiger partial charge in [-0.25, -0.2) is 4.98 Å². The molecular weight excluding hydrogens is 441 g/mol. The van der Waals surface area contributed by atoms with Crippen molar-refractivity contribution in [1.82, 2.24) is 9.97 Å². The highest BCUT2D eigenvalue weighted by Gasteiger charge is 2.09. The van der Waals surface area contributed by atoms with Crippen molar-refractivity contribution in [2.75, 3.05) is 5.32 Å². The fourth-order valence-electron chi connectivity index (χ4n) is 3.11. The summed E-state index contributed by atoms with van der Waals surface area (Å²) in [6, 6.07) is 16.4. The summed E-state index contributed by atoms with van der Waals surface area (Å²) < 4.78 is 0. The van der Waals surface area contributed by atoms with Crippen LogP contribution in [0.5, 0.6) is 0 Å². The Balaban J connectivity index is 1.78. The molecular formula is C23H16Cl3N3O. The molecule has 1 aromatic heterocycles. The average molecular weight is 457 g/mol. The minimum atomic E-state index is -0.233. The highest BCUT2D eigenvalue weighted by atomic mass is 35.5. The Morgan fingerprint density at radius 3 is 2.57 bits per heavy atom. The Morgan fingerprint density at radius 1 is 0.967 bits per heavy atom. The van der Waals surface area contributed by atoms with Crippen LogP contribution in [0.2, 0.25) is 15.1 Å². The van der Waals surface area contributed by atoms with Gasteiger partial charge in [0.05, 0.1) is 20.9 Å². The van der Waals surface area contributed by atoms with E-state index in [4.69, 9.17) is 34.8 Å². The summed E-state index contributed by atoms with van der Waals surface area (Å²) in [5.41, 5.74) is 3.76. The van der Waals surface area contributed by atoms with Crippen LogP contribution in [0.1, 0.15) is 16.7 Å². The van der Waals surface area contributed by atoms with Gasteiger partial charge in [0.25, 0.3) is 5.56 Å². The molecule has 0 aliphatic rings. The summed E-state index contributed by atoms with van der Waals surface area (Å²) in [6.45, 7) is 1.94. The first-order chi connectivity index (χ1) is 14.4. The monoisotopic (exact) mass is 455 g/mol. The predicted molar refractivity (Wildman–Crippen MR) is 127 cm³/mol. The lowest BCUT2D eigenvalue weighted by Gasteiger charge is -2.09. The SMILES string of the molecule is Cc1cc(/C=C/c2cccc(Cl)c2)c2nc(Nc3ccc(Cl)c(Cl)c3)[nH]c(=O)c2c1. The molecule has 0 radical (unpaired) electrons. The molecule has 0 aliphatic carbocycles. The molecule has 30 heavy (non-hydrogen) atoms. The van der Waals surface area contributed by atoms with Crippen molar-refractivity contribution in [2.45, 2.75) is 6.92 Å². The number of anilines is 2. The minimum Gasteiger partial charge on any atom is -0.326 e. The van der Waals surface area contributed by atoms with Crippen LogP contribution in [0.25, 0.3) is 23.1 Å². The van der Waals surface area contributed by atoms with Crippen LogP contribution in [0, 0.1) is 6.92 Å². The second kappa shape index (κ2) is 8.52. The number of H-pyrrole nitrogens is 1. The fourth-order valence-corrected chi connectivity index (χ4v) is 3.61. The second-order valence-electron chi connectivity index (χ2n) is 6.81. The molecule has 0 saturated carbocycles. The van der Waals surface area contributed by atoms with E-state index in [0.717, 1.165) is 16.7 Å². The second-order valence-corrected chi connectivity index (χ2v) is 8.06. The first kappa shape index (κ1) is 20.5. The largest absolute Gasteiger partial charge is 0.326 e. The van der Waals surface area contributed by atoms with Crippen LogP contribution in [-0.2, 0) is 0 Å². The maximum atomic E-state index is 12.7. The summed E-state index contributed by atoms with van der Waals surface area (Å²) in [5.74, 6) is 0.312. The molecule has 0 amide bonds. The zero-order valence-corrected chi connectivity index (χ0v) is 18.1. The van der Waals surface area contributed by atoms with Gasteiger partial charge in [0.1, 0.15) is 0 Å². The third-order valence-electron chi connectivity index (χ3n) is 4.47. The molecule has 150 valence electrons. The number of aromatic amines is 1. The molecule has 4 rings (SSSR count). The first-order valence-electron chi connectivity index (χ1n) is 9.09. The lowest BCUT2D eigenvalue weighted by Crippen LogP contribution is -2.12. The van der Waals surface area contributed by atoms with Crippen LogP contribution in [0.3, 0.4) is 0 Å². The van der Waals surface area contributed by atoms with Crippen molar-refractivity contribution in [1.29, 1.82) is 0 Å². The van der Waals surface area contributed by atoms with Gasteiger partial charge in [-0.3, -0.25) is 9.78 Å². The quantitative estimate of drug-likeness (QED) is 0.322. The van der Waals surface area contributed by atoms with Crippen LogP contribution in [0.15, 0.2) is 59.4 Å². The van der Waals surface area contributed by atoms with Crippen LogP contribution in [-0.4, -0.2) is 9.97 Å². The number of aryl methyl sites for hydroxylation is 1. The van der Waals surface area contributed by atoms with Crippen molar-refractivity contribution in [2.24, 2.45) is 0 Å². The van der Waals surface area contributed by atoms with Gasteiger partial charge in [-0.2, -0.15) is 0 Å². The maximum Gasteiger partial charge on any atom is 0.260 e. The van der Waals surface area contributed by atoms with Gasteiger partial charge in [0.15, 0.2) is 0 Å². The maximum absolute atomic E-state index is 12.7. The molecule has 0 fully saturated rings. The van der Waals surface area contributed by atoms with Gasteiger partial charge >= 0.3 is 0 Å². The normalized spacial score (nSPS) is 11.3. The minimum absolute atomic E-state index is 0.233. The summed E-state index contributed by atoms with van der Waals surface area (Å²) >= 11 is 18.1. The molecule has 0 unspecified atom stereocenters. The van der Waals surface area contributed by atoms with Crippen molar-refractivity contribution in [3.63, 3.8) is 0 Å². The van der Waals surface area contributed by atoms with Gasteiger partial charge in [-0.05, 0) is 60.5 Å². The van der Waals surface area contributed by atoms with Crippen LogP contribution < -0.4 is 10.9 Å². The van der Waals surface area contributed by atoms with E-state index >= 15 is 0 Å². The molecule has 0 bridgehead atoms. The van der Waals surface area contributed by atoms with E-state index in [0.29, 0.717) is 37.6 Å². The number of nitrogens with one attached hydrogen (secondary N) is 2. The van der Waals surface area contributed by atoms with Crippen LogP contribution in [0.4, 0.5) is 11.6 Å². The van der Waals surface area contributed by atoms with Crippen molar-refractivity contribution in [3.05, 3.63) is 96.7 Å². The standard InChI is InChI=1S/C23H16Cl3N3O/c1-13-9-15(6-5-14-3-2-4-16(24)11-14)21-18(10-13)22(30)29-23(28-21)27-17-7-8-19(25)20(26)12-17/h2-12H,1H3,(H2,27,28,29,30)/b6-5+. The van der Waals surface area contributed by atoms with Crippen LogP contribution >= 0.6 is 34.8 Å². The molecule has 7 heteroatoms. The fraction of sp³-hybridized carbons (Fsp3) is 0.0435. The number of halogens is 3. The Morgan fingerprint density at radius 2 is 1.80 bits per heavy atom. The highest BCUT2D eigenvalue weighted by molar-refractivity contribution is 6.42. The lowest BCUT2D eigenvalue weighted by atomic mass is 10.1. The summed E-state index contributed by atoms with van der Waals surface area (Å²) in [4.78, 5) is 20.1. The molecule has 4 nitrogen and oxygen atoms in total. The van der Waals surface area contributed by atoms with Crippen molar-refractivity contribution in [3.8, 4) is 0 Å². The molecule has 0 spiro atoms. The van der Waals surface area contributed by atoms with Gasteiger partial charge < -0.3 is 5.32 Å². The van der Waals surface area contributed by atoms with Gasteiger partial charge in [0.2, 0.25) is 5.95 Å². The highest BCUT2D eigenvalue weighted by Crippen LogP contribution is 2.27. The predicted octanol–water partition coefficient (Wildman–Crippen LogP) is 7.11. The van der Waals surface area contributed by atoms with Gasteiger partial charge in [-0.1, -0.05) is 59.1 Å². The Kier molecular flexibility index (Phi) is 5.82. The number of fused-ring (bicyclic) bond motifs is 1. The number of hydrogen-bond acceptors (Lipinski definition) is 3. The van der Waals surface area contributed by atoms with E-state index in [9.17, 15) is 4.79 Å². The number of nitrogens with zero attached hydrogens (tertiary/aromatic N) is 1. The zero-order chi connectivity index (χ0) is 21.3. The average Bonchev–Trinajstić information content (AvgIpc) is 2.70. The Hall–Kier alpha value is -2.79. The summed E-state index contributed by atoms with van der Waals surface area (Å²) in [6.07, 6.45) is 3.87. The molecule has 2 N–H and O–H groups in total. The smallest absolute Gasteiger partial charge is 0.260 e. The van der Waals surface area contributed by atoms with Crippen molar-refractivity contribution >= 4 is 69.5 Å². The molecule has 3 aromatic carbocycles. The Bertz CT molecular complexity index is 1350. The topological polar surface area (TPSA) is 57.8 Å². The van der Waals surface area contributed by atoms with Gasteiger partial charge in [-0.15, -0.1) is 0 Å². The van der Waals surface area contributed by atoms with E-state index in [1.165, 1.54) is 0 Å². The van der Waals surface area contributed by atoms with E-state index in [1.807, 2.05) is 55.5 Å². The first-order valence-corrected chi connectivity index (χ1v) is 10.2. The molecule has 4 aromatic rings. The number of aromatic nitrogens is 2. The van der Waals surface area contributed by atoms with E-state index in [2.05, 4.69) is 15.3 Å². The number of hydrogen-bond donors (Lipinski definition) is 2. The van der Waals surface area contributed by atoms with E-state index in [-0.39, 0.29) is 5.56 Å². The number of rotatable bonds is 4. The molecule has 0 atom stereocenters. The Labute approximate surface area is 188 Å². The third kappa shape index (κ3) is 4.51. The molecule has 1 heterocycles. The number of benzene rings is 3. The molecule has 0 saturated heterocycles. The lowest BCUT2D eigenvalue weighted by molar-refractivity contribution is 1.17. The van der Waals surface area contributed by atoms with Crippen molar-refractivity contribution < 1.29 is 0 Å². The van der Waals surface area contributed by atoms with E-state index in [1.54, 1.807) is 18.2 Å². The third-order valence-corrected chi connectivity index (χ3v) is 5.44. The summed E-state index contributed by atoms with van der Waals surface area (Å²) in [7, 11) is 0. The zero-order valence-electron chi connectivity index (χ0n) is 15.8.